The molecule has 3 aromatic rings. The second kappa shape index (κ2) is 16.5. The fourth-order valence-corrected chi connectivity index (χ4v) is 7.90. The lowest BCUT2D eigenvalue weighted by atomic mass is 9.90. The van der Waals surface area contributed by atoms with Crippen LogP contribution in [0.5, 0.6) is 0 Å². The first kappa shape index (κ1) is 36.6. The molecule has 4 amide bonds. The summed E-state index contributed by atoms with van der Waals surface area (Å²) in [6.07, 6.45) is 4.20. The quantitative estimate of drug-likeness (QED) is 0.250. The Morgan fingerprint density at radius 3 is 1.85 bits per heavy atom. The summed E-state index contributed by atoms with van der Waals surface area (Å²) < 4.78 is 0. The number of para-hydroxylation sites is 2. The second-order valence-electron chi connectivity index (χ2n) is 14.1. The molecule has 3 N–H and O–H groups in total. The number of hydrogen-bond donors (Lipinski definition) is 3. The molecular weight excluding hydrogens is 652 g/mol. The van der Waals surface area contributed by atoms with Gasteiger partial charge in [-0.3, -0.25) is 19.2 Å². The van der Waals surface area contributed by atoms with Crippen LogP contribution in [0.4, 0.5) is 17.1 Å². The van der Waals surface area contributed by atoms with E-state index in [9.17, 15) is 19.2 Å². The third-order valence-corrected chi connectivity index (χ3v) is 10.6. The molecule has 4 atom stereocenters. The maximum absolute atomic E-state index is 12.9. The standard InChI is InChI=1S/C42H50N6O4/c1-5-39(49)47-28(3)26-35(33-12-7-9-14-37(33)47)44-31-19-17-30(18-20-31)42(52)43-23-11-16-41(51)46-24-21-32(22-25-46)45-36-27-29(4)48(40(50)6-2)38-15-10-8-13-34(36)38/h7-10,12-15,17-20,28-29,32,35-36,44-45H,5-6,21-27H2,1-4H3,(H,43,52)/t28-,29-,35+,36+/m0/s1. The van der Waals surface area contributed by atoms with Crippen molar-refractivity contribution >= 4 is 40.7 Å². The summed E-state index contributed by atoms with van der Waals surface area (Å²) in [7, 11) is 0. The maximum atomic E-state index is 12.9. The number of hydrogen-bond acceptors (Lipinski definition) is 6. The Labute approximate surface area is 307 Å². The van der Waals surface area contributed by atoms with Gasteiger partial charge in [0.1, 0.15) is 0 Å². The van der Waals surface area contributed by atoms with Crippen LogP contribution in [0, 0.1) is 11.8 Å². The van der Waals surface area contributed by atoms with Crippen LogP contribution in [0.3, 0.4) is 0 Å². The first-order chi connectivity index (χ1) is 25.2. The number of anilines is 3. The van der Waals surface area contributed by atoms with Crippen molar-refractivity contribution in [2.75, 3.05) is 34.8 Å². The zero-order valence-electron chi connectivity index (χ0n) is 30.7. The van der Waals surface area contributed by atoms with E-state index in [4.69, 9.17) is 0 Å². The lowest BCUT2D eigenvalue weighted by Crippen LogP contribution is -2.49. The van der Waals surface area contributed by atoms with Crippen molar-refractivity contribution in [1.82, 2.24) is 15.5 Å². The van der Waals surface area contributed by atoms with Gasteiger partial charge in [-0.2, -0.15) is 0 Å². The molecule has 0 aromatic heterocycles. The van der Waals surface area contributed by atoms with Crippen LogP contribution in [0.15, 0.2) is 72.8 Å². The topological polar surface area (TPSA) is 114 Å². The van der Waals surface area contributed by atoms with Crippen molar-refractivity contribution in [3.8, 4) is 11.8 Å². The molecular formula is C42H50N6O4. The van der Waals surface area contributed by atoms with Gasteiger partial charge in [-0.25, -0.2) is 0 Å². The molecule has 52 heavy (non-hydrogen) atoms. The molecule has 0 radical (unpaired) electrons. The highest BCUT2D eigenvalue weighted by Crippen LogP contribution is 2.40. The van der Waals surface area contributed by atoms with Crippen molar-refractivity contribution in [3.63, 3.8) is 0 Å². The van der Waals surface area contributed by atoms with E-state index in [0.29, 0.717) is 31.5 Å². The van der Waals surface area contributed by atoms with Crippen LogP contribution in [0.2, 0.25) is 0 Å². The van der Waals surface area contributed by atoms with Crippen LogP contribution in [0.25, 0.3) is 0 Å². The largest absolute Gasteiger partial charge is 0.378 e. The minimum Gasteiger partial charge on any atom is -0.378 e. The predicted molar refractivity (Wildman–Crippen MR) is 205 cm³/mol. The zero-order chi connectivity index (χ0) is 36.8. The molecule has 6 rings (SSSR count). The number of fused-ring (bicyclic) bond motifs is 2. The minimum absolute atomic E-state index is 0.0322. The van der Waals surface area contributed by atoms with Gasteiger partial charge in [0.2, 0.25) is 11.8 Å². The van der Waals surface area contributed by atoms with Gasteiger partial charge in [-0.05, 0) is 93.0 Å². The molecule has 0 aliphatic carbocycles. The number of carbonyl (C=O) groups is 4. The third-order valence-electron chi connectivity index (χ3n) is 10.6. The van der Waals surface area contributed by atoms with E-state index in [2.05, 4.69) is 53.8 Å². The van der Waals surface area contributed by atoms with E-state index in [1.807, 2.05) is 72.2 Å². The molecule has 10 heteroatoms. The summed E-state index contributed by atoms with van der Waals surface area (Å²) in [4.78, 5) is 56.7. The number of nitrogens with one attached hydrogen (secondary N) is 3. The maximum Gasteiger partial charge on any atom is 0.298 e. The van der Waals surface area contributed by atoms with Gasteiger partial charge in [0, 0.05) is 72.7 Å². The van der Waals surface area contributed by atoms with E-state index in [1.165, 1.54) is 0 Å². The van der Waals surface area contributed by atoms with Crippen LogP contribution in [-0.2, 0) is 14.4 Å². The summed E-state index contributed by atoms with van der Waals surface area (Å²) in [6, 6.07) is 24.1. The van der Waals surface area contributed by atoms with Gasteiger partial charge in [0.25, 0.3) is 11.8 Å². The molecule has 0 unspecified atom stereocenters. The highest BCUT2D eigenvalue weighted by atomic mass is 16.2. The number of benzene rings is 3. The van der Waals surface area contributed by atoms with Gasteiger partial charge in [-0.1, -0.05) is 56.2 Å². The molecule has 3 heterocycles. The molecule has 0 saturated carbocycles. The Hall–Kier alpha value is -5.14. The second-order valence-corrected chi connectivity index (χ2v) is 14.1. The van der Waals surface area contributed by atoms with Gasteiger partial charge in [0.05, 0.1) is 12.6 Å². The fraction of sp³-hybridized carbons (Fsp3) is 0.429. The number of piperidine rings is 1. The molecule has 3 aliphatic rings. The Morgan fingerprint density at radius 2 is 1.27 bits per heavy atom. The lowest BCUT2D eigenvalue weighted by molar-refractivity contribution is -0.126. The number of amides is 4. The predicted octanol–water partition coefficient (Wildman–Crippen LogP) is 5.97. The van der Waals surface area contributed by atoms with E-state index in [1.54, 1.807) is 17.0 Å². The van der Waals surface area contributed by atoms with Gasteiger partial charge in [0.15, 0.2) is 0 Å². The average Bonchev–Trinajstić information content (AvgIpc) is 3.16. The highest BCUT2D eigenvalue weighted by molar-refractivity contribution is 5.97. The normalized spacial score (nSPS) is 21.3. The molecule has 0 spiro atoms. The van der Waals surface area contributed by atoms with Crippen LogP contribution in [-0.4, -0.2) is 66.3 Å². The first-order valence-electron chi connectivity index (χ1n) is 18.7. The van der Waals surface area contributed by atoms with Crippen LogP contribution >= 0.6 is 0 Å². The number of nitrogens with zero attached hydrogens (tertiary/aromatic N) is 3. The van der Waals surface area contributed by atoms with E-state index in [-0.39, 0.29) is 60.4 Å². The SMILES string of the molecule is CCC(=O)N1c2ccccc2[C@H](Nc2ccc(C(=O)NCC#CC(=O)N3CCC(N[C@@H]4C[C@H](C)N(C(=O)CC)c5ccccc54)CC3)cc2)C[C@@H]1C. The van der Waals surface area contributed by atoms with E-state index < -0.39 is 0 Å². The average molecular weight is 703 g/mol. The Balaban J connectivity index is 0.958. The Morgan fingerprint density at radius 1 is 0.731 bits per heavy atom. The number of rotatable bonds is 8. The van der Waals surface area contributed by atoms with Crippen molar-refractivity contribution in [2.24, 2.45) is 0 Å². The Kier molecular flexibility index (Phi) is 11.6. The van der Waals surface area contributed by atoms with Crippen molar-refractivity contribution in [2.45, 2.75) is 96.4 Å². The summed E-state index contributed by atoms with van der Waals surface area (Å²) in [5, 5.41) is 10.2. The molecule has 1 fully saturated rings. The third kappa shape index (κ3) is 8.00. The number of likely N-dealkylation sites (tertiary alicyclic amines) is 1. The number of carbonyl (C=O) groups excluding carboxylic acids is 4. The fourth-order valence-electron chi connectivity index (χ4n) is 7.90. The van der Waals surface area contributed by atoms with Crippen molar-refractivity contribution < 1.29 is 19.2 Å². The van der Waals surface area contributed by atoms with Crippen LogP contribution in [0.1, 0.15) is 99.8 Å². The molecule has 3 aromatic carbocycles. The van der Waals surface area contributed by atoms with Crippen molar-refractivity contribution in [1.29, 1.82) is 0 Å². The van der Waals surface area contributed by atoms with Crippen LogP contribution < -0.4 is 25.8 Å². The summed E-state index contributed by atoms with van der Waals surface area (Å²) in [5.74, 6) is 5.31. The molecule has 3 aliphatic heterocycles. The first-order valence-corrected chi connectivity index (χ1v) is 18.7. The molecule has 10 nitrogen and oxygen atoms in total. The summed E-state index contributed by atoms with van der Waals surface area (Å²) in [6.45, 7) is 9.28. The Bertz CT molecular complexity index is 1840. The van der Waals surface area contributed by atoms with E-state index >= 15 is 0 Å². The smallest absolute Gasteiger partial charge is 0.298 e. The minimum atomic E-state index is -0.258. The highest BCUT2D eigenvalue weighted by Gasteiger charge is 2.35. The summed E-state index contributed by atoms with van der Waals surface area (Å²) >= 11 is 0. The van der Waals surface area contributed by atoms with Gasteiger partial charge >= 0.3 is 0 Å². The summed E-state index contributed by atoms with van der Waals surface area (Å²) in [5.41, 5.74) is 5.56. The molecule has 272 valence electrons. The lowest BCUT2D eigenvalue weighted by Gasteiger charge is -2.42. The molecule has 0 bridgehead atoms. The van der Waals surface area contributed by atoms with Crippen molar-refractivity contribution in [3.05, 3.63) is 89.5 Å². The van der Waals surface area contributed by atoms with Gasteiger partial charge < -0.3 is 30.7 Å². The zero-order valence-corrected chi connectivity index (χ0v) is 30.7. The monoisotopic (exact) mass is 702 g/mol. The van der Waals surface area contributed by atoms with E-state index in [0.717, 1.165) is 53.9 Å². The van der Waals surface area contributed by atoms with Gasteiger partial charge in [-0.15, -0.1) is 0 Å². The molecule has 1 saturated heterocycles.